The summed E-state index contributed by atoms with van der Waals surface area (Å²) in [6, 6.07) is 5.41. The maximum atomic E-state index is 12.5. The van der Waals surface area contributed by atoms with Crippen LogP contribution in [0.5, 0.6) is 0 Å². The molecule has 0 fully saturated rings. The largest absolute Gasteiger partial charge is 0.451 e. The van der Waals surface area contributed by atoms with Crippen molar-refractivity contribution >= 4 is 27.7 Å². The van der Waals surface area contributed by atoms with Crippen LogP contribution >= 0.6 is 0 Å². The third-order valence-corrected chi connectivity index (χ3v) is 5.28. The number of hydrogen-bond acceptors (Lipinski definition) is 6. The number of amides is 1. The monoisotopic (exact) mass is 393 g/mol. The van der Waals surface area contributed by atoms with Crippen molar-refractivity contribution in [2.24, 2.45) is 10.9 Å². The van der Waals surface area contributed by atoms with E-state index in [9.17, 15) is 18.0 Å². The second-order valence-electron chi connectivity index (χ2n) is 6.38. The Morgan fingerprint density at radius 3 is 2.59 bits per heavy atom. The van der Waals surface area contributed by atoms with E-state index in [-0.39, 0.29) is 23.2 Å². The van der Waals surface area contributed by atoms with Gasteiger partial charge in [0.25, 0.3) is 15.9 Å². The van der Waals surface area contributed by atoms with Gasteiger partial charge in [-0.1, -0.05) is 32.1 Å². The lowest BCUT2D eigenvalue weighted by molar-refractivity contribution is -0.156. The number of esters is 1. The predicted molar refractivity (Wildman–Crippen MR) is 101 cm³/mol. The summed E-state index contributed by atoms with van der Waals surface area (Å²) in [5, 5.41) is 2.54. The highest BCUT2D eigenvalue weighted by Gasteiger charge is 2.33. The molecule has 2 N–H and O–H groups in total. The number of amidine groups is 1. The molecule has 8 nitrogen and oxygen atoms in total. The van der Waals surface area contributed by atoms with E-state index in [0.717, 1.165) is 0 Å². The van der Waals surface area contributed by atoms with E-state index >= 15 is 0 Å². The first-order valence-corrected chi connectivity index (χ1v) is 9.94. The van der Waals surface area contributed by atoms with E-state index in [0.29, 0.717) is 5.56 Å². The summed E-state index contributed by atoms with van der Waals surface area (Å²) in [6.07, 6.45) is 0.505. The van der Waals surface area contributed by atoms with Crippen molar-refractivity contribution in [3.8, 4) is 0 Å². The van der Waals surface area contributed by atoms with Crippen molar-refractivity contribution in [2.75, 3.05) is 6.54 Å². The fourth-order valence-corrected chi connectivity index (χ4v) is 3.70. The fourth-order valence-electron chi connectivity index (χ4n) is 2.46. The van der Waals surface area contributed by atoms with Crippen LogP contribution in [0.1, 0.15) is 26.3 Å². The minimum absolute atomic E-state index is 0.0880. The summed E-state index contributed by atoms with van der Waals surface area (Å²) in [7, 11) is -3.70. The molecule has 1 aliphatic rings. The first-order valence-electron chi connectivity index (χ1n) is 8.46. The Hall–Kier alpha value is -2.68. The Morgan fingerprint density at radius 2 is 1.96 bits per heavy atom. The van der Waals surface area contributed by atoms with Gasteiger partial charge in [0, 0.05) is 12.1 Å². The number of rotatable bonds is 7. The molecule has 0 unspecified atom stereocenters. The Morgan fingerprint density at radius 1 is 1.30 bits per heavy atom. The van der Waals surface area contributed by atoms with Gasteiger partial charge >= 0.3 is 5.97 Å². The van der Waals surface area contributed by atoms with Gasteiger partial charge in [-0.25, -0.2) is 13.2 Å². The lowest BCUT2D eigenvalue weighted by Gasteiger charge is -2.19. The van der Waals surface area contributed by atoms with Crippen LogP contribution < -0.4 is 10.0 Å². The standard InChI is InChI=1S/C18H23N3O5S/c1-5-10-19-17(22)12(4)26-18(23)15(11(2)3)20-16-13-8-6-7-9-14(13)27(24,25)21-16/h5-9,11-12,15H,1,10H2,2-4H3,(H,19,22)(H,20,21)/t12-,15+/m1/s1. The fraction of sp³-hybridized carbons (Fsp3) is 0.389. The molecular weight excluding hydrogens is 370 g/mol. The molecule has 27 heavy (non-hydrogen) atoms. The molecule has 0 radical (unpaired) electrons. The van der Waals surface area contributed by atoms with Crippen molar-refractivity contribution in [3.63, 3.8) is 0 Å². The van der Waals surface area contributed by atoms with Gasteiger partial charge in [-0.15, -0.1) is 6.58 Å². The highest BCUT2D eigenvalue weighted by Crippen LogP contribution is 2.23. The number of fused-ring (bicyclic) bond motifs is 1. The van der Waals surface area contributed by atoms with Crippen molar-refractivity contribution in [3.05, 3.63) is 42.5 Å². The topological polar surface area (TPSA) is 114 Å². The zero-order valence-electron chi connectivity index (χ0n) is 15.4. The number of ether oxygens (including phenoxy) is 1. The van der Waals surface area contributed by atoms with Crippen molar-refractivity contribution < 1.29 is 22.7 Å². The molecule has 1 aromatic rings. The van der Waals surface area contributed by atoms with E-state index in [4.69, 9.17) is 4.74 Å². The Labute approximate surface area is 158 Å². The zero-order chi connectivity index (χ0) is 20.2. The summed E-state index contributed by atoms with van der Waals surface area (Å²) in [6.45, 7) is 8.72. The van der Waals surface area contributed by atoms with Crippen LogP contribution in [0.3, 0.4) is 0 Å². The van der Waals surface area contributed by atoms with Crippen molar-refractivity contribution in [2.45, 2.75) is 37.8 Å². The molecule has 9 heteroatoms. The first-order chi connectivity index (χ1) is 12.7. The van der Waals surface area contributed by atoms with Gasteiger partial charge in [0.2, 0.25) is 0 Å². The Kier molecular flexibility index (Phi) is 6.37. The summed E-state index contributed by atoms with van der Waals surface area (Å²) in [4.78, 5) is 28.8. The number of hydrogen-bond donors (Lipinski definition) is 2. The molecule has 1 heterocycles. The SMILES string of the molecule is C=CCNC(=O)[C@@H](C)OC(=O)[C@@H](N=C1NS(=O)(=O)c2ccccc21)C(C)C. The van der Waals surface area contributed by atoms with Gasteiger partial charge in [0.1, 0.15) is 5.84 Å². The number of nitrogens with one attached hydrogen (secondary N) is 2. The summed E-state index contributed by atoms with van der Waals surface area (Å²) < 4.78 is 31.9. The molecule has 0 aromatic heterocycles. The molecule has 1 aliphatic heterocycles. The van der Waals surface area contributed by atoms with Gasteiger partial charge in [-0.3, -0.25) is 14.5 Å². The van der Waals surface area contributed by atoms with Gasteiger partial charge in [0.05, 0.1) is 4.90 Å². The number of sulfonamides is 1. The van der Waals surface area contributed by atoms with Crippen LogP contribution in [-0.4, -0.2) is 44.8 Å². The minimum Gasteiger partial charge on any atom is -0.451 e. The van der Waals surface area contributed by atoms with Gasteiger partial charge in [0.15, 0.2) is 12.1 Å². The van der Waals surface area contributed by atoms with Crippen molar-refractivity contribution in [1.29, 1.82) is 0 Å². The van der Waals surface area contributed by atoms with Crippen LogP contribution in [0.4, 0.5) is 0 Å². The highest BCUT2D eigenvalue weighted by molar-refractivity contribution is 7.90. The molecule has 0 saturated carbocycles. The molecule has 0 spiro atoms. The van der Waals surface area contributed by atoms with Crippen LogP contribution in [0.2, 0.25) is 0 Å². The van der Waals surface area contributed by atoms with Gasteiger partial charge in [-0.05, 0) is 25.0 Å². The van der Waals surface area contributed by atoms with E-state index in [1.807, 2.05) is 0 Å². The van der Waals surface area contributed by atoms with E-state index in [1.165, 1.54) is 19.1 Å². The third-order valence-electron chi connectivity index (χ3n) is 3.89. The van der Waals surface area contributed by atoms with E-state index in [2.05, 4.69) is 21.6 Å². The molecule has 2 atom stereocenters. The molecule has 146 valence electrons. The maximum absolute atomic E-state index is 12.5. The quantitative estimate of drug-likeness (QED) is 0.530. The number of carbonyl (C=O) groups is 2. The smallest absolute Gasteiger partial charge is 0.331 e. The predicted octanol–water partition coefficient (Wildman–Crippen LogP) is 0.984. The van der Waals surface area contributed by atoms with Crippen LogP contribution in [0.25, 0.3) is 0 Å². The molecule has 0 saturated heterocycles. The number of carbonyl (C=O) groups excluding carboxylic acids is 2. The Bertz CT molecular complexity index is 877. The summed E-state index contributed by atoms with van der Waals surface area (Å²) >= 11 is 0. The van der Waals surface area contributed by atoms with Gasteiger partial charge in [-0.2, -0.15) is 0 Å². The average molecular weight is 393 g/mol. The van der Waals surface area contributed by atoms with Gasteiger partial charge < -0.3 is 10.1 Å². The van der Waals surface area contributed by atoms with E-state index < -0.39 is 34.0 Å². The lowest BCUT2D eigenvalue weighted by Crippen LogP contribution is -2.39. The molecule has 2 rings (SSSR count). The van der Waals surface area contributed by atoms with Crippen LogP contribution in [0.15, 0.2) is 46.8 Å². The molecular formula is C18H23N3O5S. The summed E-state index contributed by atoms with van der Waals surface area (Å²) in [5.41, 5.74) is 0.396. The van der Waals surface area contributed by atoms with Crippen molar-refractivity contribution in [1.82, 2.24) is 10.0 Å². The third kappa shape index (κ3) is 4.73. The summed E-state index contributed by atoms with van der Waals surface area (Å²) in [5.74, 6) is -1.34. The maximum Gasteiger partial charge on any atom is 0.331 e. The Balaban J connectivity index is 2.24. The lowest BCUT2D eigenvalue weighted by atomic mass is 10.0. The zero-order valence-corrected chi connectivity index (χ0v) is 16.2. The average Bonchev–Trinajstić information content (AvgIpc) is 2.87. The second-order valence-corrected chi connectivity index (χ2v) is 8.03. The molecule has 0 aliphatic carbocycles. The molecule has 1 aromatic carbocycles. The number of benzene rings is 1. The van der Waals surface area contributed by atoms with E-state index in [1.54, 1.807) is 32.0 Å². The van der Waals surface area contributed by atoms with Crippen LogP contribution in [-0.2, 0) is 24.3 Å². The number of aliphatic imine (C=N–C) groups is 1. The normalized spacial score (nSPS) is 18.3. The first kappa shape index (κ1) is 20.6. The van der Waals surface area contributed by atoms with Crippen LogP contribution in [0, 0.1) is 5.92 Å². The minimum atomic E-state index is -3.70. The number of nitrogens with zero attached hydrogens (tertiary/aromatic N) is 1. The highest BCUT2D eigenvalue weighted by atomic mass is 32.2. The molecule has 1 amide bonds. The molecule has 0 bridgehead atoms. The second kappa shape index (κ2) is 8.34.